The van der Waals surface area contributed by atoms with Gasteiger partial charge in [0.25, 0.3) is 0 Å². The topological polar surface area (TPSA) is 27.7 Å². The number of ether oxygens (including phenoxy) is 3. The highest BCUT2D eigenvalue weighted by Gasteiger charge is 1.84. The molecule has 0 unspecified atom stereocenters. The van der Waals surface area contributed by atoms with Crippen molar-refractivity contribution in [1.82, 2.24) is 0 Å². The zero-order chi connectivity index (χ0) is 6.95. The second kappa shape index (κ2) is 8.23. The number of hydrogen-bond acceptors (Lipinski definition) is 4. The molecule has 0 N–H and O–H groups in total. The zero-order valence-corrected chi connectivity index (χ0v) is 6.57. The van der Waals surface area contributed by atoms with Crippen LogP contribution in [0.5, 0.6) is 0 Å². The molecule has 0 atom stereocenters. The summed E-state index contributed by atoms with van der Waals surface area (Å²) >= 11 is 1.57. The van der Waals surface area contributed by atoms with E-state index >= 15 is 0 Å². The van der Waals surface area contributed by atoms with Crippen LogP contribution in [0.4, 0.5) is 0 Å². The summed E-state index contributed by atoms with van der Waals surface area (Å²) in [5.41, 5.74) is 0. The monoisotopic (exact) mass is 152 g/mol. The van der Waals surface area contributed by atoms with Crippen molar-refractivity contribution in [2.75, 3.05) is 32.9 Å². The highest BCUT2D eigenvalue weighted by Crippen LogP contribution is 1.98. The molecule has 9 heavy (non-hydrogen) atoms. The maximum Gasteiger partial charge on any atom is 0.147 e. The summed E-state index contributed by atoms with van der Waals surface area (Å²) < 4.78 is 14.4. The summed E-state index contributed by atoms with van der Waals surface area (Å²) in [6, 6.07) is 0. The van der Waals surface area contributed by atoms with Crippen molar-refractivity contribution in [1.29, 1.82) is 0 Å². The Kier molecular flexibility index (Phi) is 8.44. The lowest BCUT2D eigenvalue weighted by Gasteiger charge is -2.00. The van der Waals surface area contributed by atoms with Crippen LogP contribution in [0, 0.1) is 0 Å². The molecule has 0 saturated carbocycles. The van der Waals surface area contributed by atoms with Crippen LogP contribution in [0.15, 0.2) is 0 Å². The van der Waals surface area contributed by atoms with Gasteiger partial charge < -0.3 is 14.2 Å². The molecule has 4 heteroatoms. The Morgan fingerprint density at radius 1 is 1.11 bits per heavy atom. The van der Waals surface area contributed by atoms with Crippen LogP contribution in [0.3, 0.4) is 0 Å². The zero-order valence-electron chi connectivity index (χ0n) is 5.75. The second-order valence-electron chi connectivity index (χ2n) is 1.34. The molecule has 56 valence electrons. The Hall–Kier alpha value is 0.230. The molecule has 0 aliphatic rings. The van der Waals surface area contributed by atoms with Crippen molar-refractivity contribution in [2.45, 2.75) is 0 Å². The fraction of sp³-hybridized carbons (Fsp3) is 1.00. The molecule has 0 bridgehead atoms. The van der Waals surface area contributed by atoms with E-state index < -0.39 is 0 Å². The first kappa shape index (κ1) is 9.23. The SMILES string of the molecule is COCOCSCOC. The molecule has 0 saturated heterocycles. The number of thioether (sulfide) groups is 1. The van der Waals surface area contributed by atoms with Crippen LogP contribution < -0.4 is 0 Å². The van der Waals surface area contributed by atoms with E-state index in [1.807, 2.05) is 0 Å². The molecule has 0 heterocycles. The average Bonchev–Trinajstić information content (AvgIpc) is 1.89. The normalized spacial score (nSPS) is 10.0. The minimum Gasteiger partial charge on any atom is -0.374 e. The van der Waals surface area contributed by atoms with E-state index in [9.17, 15) is 0 Å². The first-order chi connectivity index (χ1) is 4.41. The highest BCUT2D eigenvalue weighted by molar-refractivity contribution is 7.98. The van der Waals surface area contributed by atoms with Crippen LogP contribution in [0.1, 0.15) is 0 Å². The van der Waals surface area contributed by atoms with Crippen molar-refractivity contribution in [3.8, 4) is 0 Å². The maximum absolute atomic E-state index is 4.95. The molecule has 0 fully saturated rings. The van der Waals surface area contributed by atoms with E-state index in [0.717, 1.165) is 0 Å². The van der Waals surface area contributed by atoms with Crippen LogP contribution in [-0.2, 0) is 14.2 Å². The van der Waals surface area contributed by atoms with Crippen LogP contribution in [0.2, 0.25) is 0 Å². The molecule has 3 nitrogen and oxygen atoms in total. The fourth-order valence-electron chi connectivity index (χ4n) is 0.294. The quantitative estimate of drug-likeness (QED) is 0.417. The molecule has 0 spiro atoms. The van der Waals surface area contributed by atoms with Gasteiger partial charge in [-0.3, -0.25) is 0 Å². The molecule has 0 aromatic carbocycles. The Morgan fingerprint density at radius 2 is 1.89 bits per heavy atom. The lowest BCUT2D eigenvalue weighted by Crippen LogP contribution is -1.96. The molecular weight excluding hydrogens is 140 g/mol. The van der Waals surface area contributed by atoms with Crippen LogP contribution in [0.25, 0.3) is 0 Å². The smallest absolute Gasteiger partial charge is 0.147 e. The number of methoxy groups -OCH3 is 2. The van der Waals surface area contributed by atoms with Gasteiger partial charge in [0, 0.05) is 14.2 Å². The van der Waals surface area contributed by atoms with Gasteiger partial charge in [0.05, 0.1) is 11.9 Å². The Morgan fingerprint density at radius 3 is 2.44 bits per heavy atom. The largest absolute Gasteiger partial charge is 0.374 e. The minimum absolute atomic E-state index is 0.358. The highest BCUT2D eigenvalue weighted by atomic mass is 32.2. The van der Waals surface area contributed by atoms with Crippen molar-refractivity contribution in [2.24, 2.45) is 0 Å². The molecule has 0 aromatic rings. The van der Waals surface area contributed by atoms with Crippen LogP contribution in [-0.4, -0.2) is 32.9 Å². The molecule has 0 aliphatic carbocycles. The first-order valence-corrected chi connectivity index (χ1v) is 3.70. The van der Waals surface area contributed by atoms with Gasteiger partial charge in [0.1, 0.15) is 6.79 Å². The fourth-order valence-corrected chi connectivity index (χ4v) is 0.714. The van der Waals surface area contributed by atoms with Gasteiger partial charge in [-0.25, -0.2) is 0 Å². The van der Waals surface area contributed by atoms with Crippen molar-refractivity contribution in [3.63, 3.8) is 0 Å². The summed E-state index contributed by atoms with van der Waals surface area (Å²) in [6.45, 7) is 0.358. The number of hydrogen-bond donors (Lipinski definition) is 0. The third-order valence-corrected chi connectivity index (χ3v) is 1.30. The summed E-state index contributed by atoms with van der Waals surface area (Å²) in [4.78, 5) is 0. The molecule has 0 radical (unpaired) electrons. The van der Waals surface area contributed by atoms with E-state index in [4.69, 9.17) is 9.47 Å². The van der Waals surface area contributed by atoms with Gasteiger partial charge >= 0.3 is 0 Å². The Balaban J connectivity index is 2.60. The predicted octanol–water partition coefficient (Wildman–Crippen LogP) is 0.901. The van der Waals surface area contributed by atoms with Gasteiger partial charge in [-0.15, -0.1) is 11.8 Å². The van der Waals surface area contributed by atoms with Crippen molar-refractivity contribution < 1.29 is 14.2 Å². The average molecular weight is 152 g/mol. The van der Waals surface area contributed by atoms with E-state index in [1.165, 1.54) is 0 Å². The Bertz CT molecular complexity index is 45.5. The standard InChI is InChI=1S/C5H12O3S/c1-6-3-8-5-9-4-7-2/h3-5H2,1-2H3. The second-order valence-corrected chi connectivity index (χ2v) is 2.22. The first-order valence-electron chi connectivity index (χ1n) is 2.55. The third-order valence-electron chi connectivity index (χ3n) is 0.569. The van der Waals surface area contributed by atoms with Gasteiger partial charge in [0.2, 0.25) is 0 Å². The van der Waals surface area contributed by atoms with Gasteiger partial charge in [0.15, 0.2) is 0 Å². The van der Waals surface area contributed by atoms with E-state index in [0.29, 0.717) is 18.7 Å². The molecule has 0 aromatic heterocycles. The number of rotatable bonds is 6. The van der Waals surface area contributed by atoms with E-state index in [-0.39, 0.29) is 0 Å². The van der Waals surface area contributed by atoms with Gasteiger partial charge in [-0.2, -0.15) is 0 Å². The van der Waals surface area contributed by atoms with E-state index in [2.05, 4.69) is 4.74 Å². The van der Waals surface area contributed by atoms with E-state index in [1.54, 1.807) is 26.0 Å². The summed E-state index contributed by atoms with van der Waals surface area (Å²) in [6.07, 6.45) is 0. The third kappa shape index (κ3) is 8.23. The molecule has 0 rings (SSSR count). The Labute approximate surface area is 59.7 Å². The van der Waals surface area contributed by atoms with Crippen LogP contribution >= 0.6 is 11.8 Å². The molecule has 0 aliphatic heterocycles. The summed E-state index contributed by atoms with van der Waals surface area (Å²) in [5.74, 6) is 1.30. The summed E-state index contributed by atoms with van der Waals surface area (Å²) in [5, 5.41) is 0. The van der Waals surface area contributed by atoms with Crippen molar-refractivity contribution in [3.05, 3.63) is 0 Å². The lowest BCUT2D eigenvalue weighted by atomic mass is 11.4. The molecule has 0 amide bonds. The van der Waals surface area contributed by atoms with Gasteiger partial charge in [-0.05, 0) is 0 Å². The maximum atomic E-state index is 4.95. The van der Waals surface area contributed by atoms with Gasteiger partial charge in [-0.1, -0.05) is 0 Å². The minimum atomic E-state index is 0.358. The predicted molar refractivity (Wildman–Crippen MR) is 37.3 cm³/mol. The van der Waals surface area contributed by atoms with Crippen molar-refractivity contribution >= 4 is 11.8 Å². The summed E-state index contributed by atoms with van der Waals surface area (Å²) in [7, 11) is 3.25. The molecular formula is C5H12O3S. The lowest BCUT2D eigenvalue weighted by molar-refractivity contribution is -0.00998.